The Morgan fingerprint density at radius 3 is 2.48 bits per heavy atom. The summed E-state index contributed by atoms with van der Waals surface area (Å²) in [5.74, 6) is 1.14. The van der Waals surface area contributed by atoms with Gasteiger partial charge in [0.15, 0.2) is 0 Å². The SMILES string of the molecule is CC(C)CCCCCCc1ccc([C@@H]2CC[C@](N)(COP(=O)(O)O)C2)cc1. The van der Waals surface area contributed by atoms with Gasteiger partial charge in [-0.2, -0.15) is 0 Å². The molecule has 0 amide bonds. The molecule has 0 aliphatic heterocycles. The third kappa shape index (κ3) is 8.45. The molecule has 0 unspecified atom stereocenters. The van der Waals surface area contributed by atoms with Crippen molar-refractivity contribution in [3.05, 3.63) is 35.4 Å². The van der Waals surface area contributed by atoms with Gasteiger partial charge < -0.3 is 15.5 Å². The van der Waals surface area contributed by atoms with E-state index in [1.54, 1.807) is 0 Å². The summed E-state index contributed by atoms with van der Waals surface area (Å²) in [5, 5.41) is 0. The zero-order valence-corrected chi connectivity index (χ0v) is 17.7. The molecule has 6 heteroatoms. The summed E-state index contributed by atoms with van der Waals surface area (Å²) in [7, 11) is -4.46. The molecule has 0 heterocycles. The Balaban J connectivity index is 1.74. The van der Waals surface area contributed by atoms with Crippen molar-refractivity contribution in [1.29, 1.82) is 0 Å². The van der Waals surface area contributed by atoms with Crippen LogP contribution in [0.25, 0.3) is 0 Å². The molecule has 5 nitrogen and oxygen atoms in total. The second-order valence-corrected chi connectivity index (χ2v) is 9.89. The molecule has 0 bridgehead atoms. The molecular weight excluding hydrogens is 361 g/mol. The Morgan fingerprint density at radius 1 is 1.19 bits per heavy atom. The smallest absolute Gasteiger partial charge is 0.323 e. The molecule has 154 valence electrons. The lowest BCUT2D eigenvalue weighted by molar-refractivity contribution is 0.153. The number of phosphoric acid groups is 1. The highest BCUT2D eigenvalue weighted by molar-refractivity contribution is 7.46. The summed E-state index contributed by atoms with van der Waals surface area (Å²) in [5.41, 5.74) is 8.27. The number of hydrogen-bond donors (Lipinski definition) is 3. The molecule has 1 fully saturated rings. The summed E-state index contributed by atoms with van der Waals surface area (Å²) in [4.78, 5) is 17.8. The molecule has 2 atom stereocenters. The van der Waals surface area contributed by atoms with Gasteiger partial charge in [0.1, 0.15) is 0 Å². The number of hydrogen-bond acceptors (Lipinski definition) is 3. The quantitative estimate of drug-likeness (QED) is 0.364. The van der Waals surface area contributed by atoms with E-state index in [1.165, 1.54) is 43.2 Å². The molecule has 0 saturated heterocycles. The fourth-order valence-electron chi connectivity index (χ4n) is 3.98. The first-order valence-corrected chi connectivity index (χ1v) is 11.8. The number of aryl methyl sites for hydroxylation is 1. The van der Waals surface area contributed by atoms with Crippen LogP contribution in [-0.4, -0.2) is 21.9 Å². The van der Waals surface area contributed by atoms with Crippen LogP contribution < -0.4 is 5.73 Å². The van der Waals surface area contributed by atoms with Gasteiger partial charge in [-0.1, -0.05) is 63.8 Å². The number of rotatable bonds is 11. The molecule has 1 aromatic carbocycles. The maximum Gasteiger partial charge on any atom is 0.469 e. The van der Waals surface area contributed by atoms with Crippen molar-refractivity contribution in [1.82, 2.24) is 0 Å². The number of nitrogens with two attached hydrogens (primary N) is 1. The van der Waals surface area contributed by atoms with Gasteiger partial charge in [0.05, 0.1) is 6.61 Å². The summed E-state index contributed by atoms with van der Waals surface area (Å²) >= 11 is 0. The van der Waals surface area contributed by atoms with Crippen molar-refractivity contribution in [2.45, 2.75) is 83.1 Å². The summed E-state index contributed by atoms with van der Waals surface area (Å²) in [6.45, 7) is 4.47. The molecule has 1 aliphatic rings. The van der Waals surface area contributed by atoms with Crippen LogP contribution in [0.5, 0.6) is 0 Å². The van der Waals surface area contributed by atoms with Crippen LogP contribution in [0.1, 0.15) is 82.3 Å². The normalized spacial score (nSPS) is 23.3. The second-order valence-electron chi connectivity index (χ2n) is 8.65. The van der Waals surface area contributed by atoms with Gasteiger partial charge in [0.25, 0.3) is 0 Å². The van der Waals surface area contributed by atoms with E-state index in [0.29, 0.717) is 12.3 Å². The van der Waals surface area contributed by atoms with E-state index in [9.17, 15) is 4.57 Å². The fourth-order valence-corrected chi connectivity index (χ4v) is 4.40. The summed E-state index contributed by atoms with van der Waals surface area (Å²) in [6.07, 6.45) is 10.0. The largest absolute Gasteiger partial charge is 0.469 e. The molecule has 0 radical (unpaired) electrons. The minimum absolute atomic E-state index is 0.0946. The molecule has 1 saturated carbocycles. The lowest BCUT2D eigenvalue weighted by atomic mass is 9.92. The average Bonchev–Trinajstić information content (AvgIpc) is 2.99. The average molecular weight is 397 g/mol. The van der Waals surface area contributed by atoms with Gasteiger partial charge in [-0.15, -0.1) is 0 Å². The van der Waals surface area contributed by atoms with Crippen molar-refractivity contribution in [2.24, 2.45) is 11.7 Å². The topological polar surface area (TPSA) is 92.8 Å². The predicted octanol–water partition coefficient (Wildman–Crippen LogP) is 4.91. The molecule has 0 aromatic heterocycles. The number of phosphoric ester groups is 1. The maximum absolute atomic E-state index is 10.9. The molecule has 27 heavy (non-hydrogen) atoms. The first-order chi connectivity index (χ1) is 12.7. The van der Waals surface area contributed by atoms with E-state index in [4.69, 9.17) is 15.5 Å². The van der Waals surface area contributed by atoms with E-state index in [2.05, 4.69) is 42.6 Å². The maximum atomic E-state index is 10.9. The van der Waals surface area contributed by atoms with Crippen molar-refractivity contribution in [2.75, 3.05) is 6.61 Å². The van der Waals surface area contributed by atoms with Gasteiger partial charge in [0.2, 0.25) is 0 Å². The second kappa shape index (κ2) is 10.2. The highest BCUT2D eigenvalue weighted by Crippen LogP contribution is 2.43. The van der Waals surface area contributed by atoms with Crippen LogP contribution in [0.15, 0.2) is 24.3 Å². The van der Waals surface area contributed by atoms with Gasteiger partial charge in [0, 0.05) is 5.54 Å². The third-order valence-electron chi connectivity index (χ3n) is 5.61. The van der Waals surface area contributed by atoms with Gasteiger partial charge in [-0.3, -0.25) is 4.52 Å². The van der Waals surface area contributed by atoms with Gasteiger partial charge in [-0.05, 0) is 55.1 Å². The van der Waals surface area contributed by atoms with E-state index in [1.807, 2.05) is 0 Å². The molecular formula is C21H36NO4P. The van der Waals surface area contributed by atoms with Gasteiger partial charge >= 0.3 is 7.82 Å². The van der Waals surface area contributed by atoms with E-state index in [0.717, 1.165) is 25.2 Å². The first-order valence-electron chi connectivity index (χ1n) is 10.2. The van der Waals surface area contributed by atoms with Crippen molar-refractivity contribution in [3.63, 3.8) is 0 Å². The van der Waals surface area contributed by atoms with E-state index < -0.39 is 13.4 Å². The van der Waals surface area contributed by atoms with Gasteiger partial charge in [-0.25, -0.2) is 4.57 Å². The van der Waals surface area contributed by atoms with Crippen molar-refractivity contribution >= 4 is 7.82 Å². The molecule has 1 aliphatic carbocycles. The Labute approximate surface area is 163 Å². The van der Waals surface area contributed by atoms with Crippen LogP contribution in [0, 0.1) is 5.92 Å². The van der Waals surface area contributed by atoms with Crippen LogP contribution in [0.4, 0.5) is 0 Å². The predicted molar refractivity (Wildman–Crippen MR) is 110 cm³/mol. The summed E-state index contributed by atoms with van der Waals surface area (Å²) < 4.78 is 15.6. The highest BCUT2D eigenvalue weighted by Gasteiger charge is 2.38. The standard InChI is InChI=1S/C21H36NO4P/c1-17(2)7-5-3-4-6-8-18-9-11-19(12-10-18)20-13-14-21(22,15-20)16-26-27(23,24)25/h9-12,17,20H,3-8,13-16,22H2,1-2H3,(H2,23,24,25)/t20-,21-/m1/s1. The first kappa shape index (κ1) is 22.6. The molecule has 0 spiro atoms. The van der Waals surface area contributed by atoms with Crippen LogP contribution in [0.2, 0.25) is 0 Å². The molecule has 2 rings (SSSR count). The monoisotopic (exact) mass is 397 g/mol. The van der Waals surface area contributed by atoms with Crippen molar-refractivity contribution in [3.8, 4) is 0 Å². The summed E-state index contributed by atoms with van der Waals surface area (Å²) in [6, 6.07) is 8.81. The number of benzene rings is 1. The number of unbranched alkanes of at least 4 members (excludes halogenated alkanes) is 3. The fraction of sp³-hybridized carbons (Fsp3) is 0.714. The minimum Gasteiger partial charge on any atom is -0.323 e. The van der Waals surface area contributed by atoms with Crippen LogP contribution >= 0.6 is 7.82 Å². The Morgan fingerprint density at radius 2 is 1.85 bits per heavy atom. The van der Waals surface area contributed by atoms with Crippen LogP contribution in [-0.2, 0) is 15.5 Å². The van der Waals surface area contributed by atoms with Crippen molar-refractivity contribution < 1.29 is 18.9 Å². The Hall–Kier alpha value is -0.710. The minimum atomic E-state index is -4.46. The lowest BCUT2D eigenvalue weighted by Crippen LogP contribution is -2.41. The van der Waals surface area contributed by atoms with Crippen LogP contribution in [0.3, 0.4) is 0 Å². The van der Waals surface area contributed by atoms with E-state index in [-0.39, 0.29) is 6.61 Å². The Kier molecular flexibility index (Phi) is 8.51. The molecule has 1 aromatic rings. The van der Waals surface area contributed by atoms with E-state index >= 15 is 0 Å². The lowest BCUT2D eigenvalue weighted by Gasteiger charge is -2.24. The Bertz CT molecular complexity index is 613. The zero-order valence-electron chi connectivity index (χ0n) is 16.8. The third-order valence-corrected chi connectivity index (χ3v) is 6.08. The zero-order chi connectivity index (χ0) is 19.9. The highest BCUT2D eigenvalue weighted by atomic mass is 31.2. The molecule has 4 N–H and O–H groups in total.